The van der Waals surface area contributed by atoms with Crippen LogP contribution in [0.3, 0.4) is 0 Å². The zero-order chi connectivity index (χ0) is 13.8. The molecule has 19 heavy (non-hydrogen) atoms. The van der Waals surface area contributed by atoms with Crippen molar-refractivity contribution < 1.29 is 9.13 Å². The molecule has 2 rings (SSSR count). The molecule has 2 aromatic rings. The average molecular weight is 364 g/mol. The lowest BCUT2D eigenvalue weighted by Crippen LogP contribution is -1.98. The highest BCUT2D eigenvalue weighted by atomic mass is 79.9. The minimum absolute atomic E-state index is 0.280. The van der Waals surface area contributed by atoms with Crippen LogP contribution in [0, 0.1) is 5.82 Å². The maximum Gasteiger partial charge on any atom is 0.137 e. The summed E-state index contributed by atoms with van der Waals surface area (Å²) in [4.78, 5) is 0. The smallest absolute Gasteiger partial charge is 0.137 e. The molecule has 0 N–H and O–H groups in total. The van der Waals surface area contributed by atoms with E-state index in [1.165, 1.54) is 6.07 Å². The lowest BCUT2D eigenvalue weighted by Gasteiger charge is -2.11. The second-order valence-corrected chi connectivity index (χ2v) is 5.42. The van der Waals surface area contributed by atoms with Crippen LogP contribution < -0.4 is 4.74 Å². The molecule has 0 bridgehead atoms. The summed E-state index contributed by atoms with van der Waals surface area (Å²) in [5, 5.41) is 0.577. The molecule has 0 amide bonds. The van der Waals surface area contributed by atoms with Crippen molar-refractivity contribution in [2.75, 3.05) is 0 Å². The Labute approximate surface area is 129 Å². The monoisotopic (exact) mass is 362 g/mol. The minimum atomic E-state index is -0.298. The van der Waals surface area contributed by atoms with Crippen molar-refractivity contribution in [3.8, 4) is 5.75 Å². The van der Waals surface area contributed by atoms with Gasteiger partial charge in [-0.1, -0.05) is 23.7 Å². The first-order valence-corrected chi connectivity index (χ1v) is 7.22. The van der Waals surface area contributed by atoms with Gasteiger partial charge in [-0.2, -0.15) is 0 Å². The van der Waals surface area contributed by atoms with Gasteiger partial charge in [-0.05, 0) is 45.8 Å². The van der Waals surface area contributed by atoms with Crippen LogP contribution >= 0.6 is 39.1 Å². The molecular formula is C14H10BrCl2FO. The van der Waals surface area contributed by atoms with Gasteiger partial charge in [-0.25, -0.2) is 4.39 Å². The van der Waals surface area contributed by atoms with Gasteiger partial charge in [0, 0.05) is 10.6 Å². The van der Waals surface area contributed by atoms with Crippen molar-refractivity contribution in [2.24, 2.45) is 0 Å². The maximum atomic E-state index is 13.1. The Morgan fingerprint density at radius 2 is 2.00 bits per heavy atom. The Balaban J connectivity index is 2.14. The number of ether oxygens (including phenoxy) is 1. The fourth-order valence-corrected chi connectivity index (χ4v) is 2.60. The van der Waals surface area contributed by atoms with Gasteiger partial charge in [0.25, 0.3) is 0 Å². The Morgan fingerprint density at radius 1 is 1.21 bits per heavy atom. The van der Waals surface area contributed by atoms with E-state index in [0.29, 0.717) is 21.9 Å². The van der Waals surface area contributed by atoms with Crippen LogP contribution in [0.5, 0.6) is 5.75 Å². The summed E-state index contributed by atoms with van der Waals surface area (Å²) in [7, 11) is 0. The molecule has 0 saturated heterocycles. The van der Waals surface area contributed by atoms with E-state index < -0.39 is 0 Å². The van der Waals surface area contributed by atoms with Crippen LogP contribution in [0.4, 0.5) is 4.39 Å². The molecule has 0 aliphatic heterocycles. The Kier molecular flexibility index (Phi) is 5.08. The second kappa shape index (κ2) is 6.60. The van der Waals surface area contributed by atoms with Gasteiger partial charge in [0.15, 0.2) is 0 Å². The minimum Gasteiger partial charge on any atom is -0.489 e. The van der Waals surface area contributed by atoms with E-state index >= 15 is 0 Å². The highest BCUT2D eigenvalue weighted by molar-refractivity contribution is 9.10. The third kappa shape index (κ3) is 3.62. The third-order valence-electron chi connectivity index (χ3n) is 2.59. The SMILES string of the molecule is Fc1ccc(COc2cccc(Cl)c2CCl)cc1Br. The summed E-state index contributed by atoms with van der Waals surface area (Å²) < 4.78 is 19.2. The van der Waals surface area contributed by atoms with Gasteiger partial charge in [0.05, 0.1) is 10.4 Å². The lowest BCUT2D eigenvalue weighted by atomic mass is 10.2. The average Bonchev–Trinajstić information content (AvgIpc) is 2.40. The Bertz CT molecular complexity index is 590. The summed E-state index contributed by atoms with van der Waals surface area (Å²) >= 11 is 15.0. The van der Waals surface area contributed by atoms with Crippen molar-refractivity contribution in [1.29, 1.82) is 0 Å². The highest BCUT2D eigenvalue weighted by Gasteiger charge is 2.08. The number of hydrogen-bond acceptors (Lipinski definition) is 1. The molecule has 0 atom stereocenters. The molecular weight excluding hydrogens is 354 g/mol. The molecule has 0 aliphatic rings. The molecule has 0 radical (unpaired) electrons. The molecule has 100 valence electrons. The van der Waals surface area contributed by atoms with Gasteiger partial charge in [0.1, 0.15) is 18.2 Å². The van der Waals surface area contributed by atoms with Crippen molar-refractivity contribution in [3.05, 3.63) is 62.8 Å². The summed E-state index contributed by atoms with van der Waals surface area (Å²) in [5.74, 6) is 0.623. The topological polar surface area (TPSA) is 9.23 Å². The van der Waals surface area contributed by atoms with Gasteiger partial charge in [0.2, 0.25) is 0 Å². The van der Waals surface area contributed by atoms with Crippen molar-refractivity contribution in [2.45, 2.75) is 12.5 Å². The number of halogens is 4. The van der Waals surface area contributed by atoms with Gasteiger partial charge >= 0.3 is 0 Å². The quantitative estimate of drug-likeness (QED) is 0.646. The fourth-order valence-electron chi connectivity index (χ4n) is 1.59. The second-order valence-electron chi connectivity index (χ2n) is 3.89. The van der Waals surface area contributed by atoms with E-state index in [2.05, 4.69) is 15.9 Å². The number of alkyl halides is 1. The van der Waals surface area contributed by atoms with Crippen LogP contribution in [0.2, 0.25) is 5.02 Å². The summed E-state index contributed by atoms with van der Waals surface area (Å²) in [6.07, 6.45) is 0. The standard InChI is InChI=1S/C14H10BrCl2FO/c15-11-6-9(4-5-13(11)18)8-19-14-3-1-2-12(17)10(14)7-16/h1-6H,7-8H2. The number of rotatable bonds is 4. The van der Waals surface area contributed by atoms with E-state index in [9.17, 15) is 4.39 Å². The largest absolute Gasteiger partial charge is 0.489 e. The normalized spacial score (nSPS) is 10.5. The van der Waals surface area contributed by atoms with Crippen molar-refractivity contribution in [1.82, 2.24) is 0 Å². The first-order valence-electron chi connectivity index (χ1n) is 5.52. The molecule has 2 aromatic carbocycles. The first-order chi connectivity index (χ1) is 9.11. The molecule has 0 fully saturated rings. The van der Waals surface area contributed by atoms with E-state index in [0.717, 1.165) is 11.1 Å². The number of hydrogen-bond donors (Lipinski definition) is 0. The predicted molar refractivity (Wildman–Crippen MR) is 79.4 cm³/mol. The van der Waals surface area contributed by atoms with Gasteiger partial charge < -0.3 is 4.74 Å². The van der Waals surface area contributed by atoms with E-state index in [4.69, 9.17) is 27.9 Å². The Hall–Kier alpha value is -0.770. The van der Waals surface area contributed by atoms with Crippen LogP contribution in [0.25, 0.3) is 0 Å². The maximum absolute atomic E-state index is 13.1. The van der Waals surface area contributed by atoms with Crippen LogP contribution in [-0.4, -0.2) is 0 Å². The predicted octanol–water partition coefficient (Wildman–Crippen LogP) is 5.56. The lowest BCUT2D eigenvalue weighted by molar-refractivity contribution is 0.303. The molecule has 0 spiro atoms. The number of benzene rings is 2. The van der Waals surface area contributed by atoms with Crippen LogP contribution in [-0.2, 0) is 12.5 Å². The Morgan fingerprint density at radius 3 is 2.68 bits per heavy atom. The third-order valence-corrected chi connectivity index (χ3v) is 3.82. The summed E-state index contributed by atoms with van der Waals surface area (Å²) in [6, 6.07) is 10.1. The molecule has 0 aromatic heterocycles. The first kappa shape index (κ1) is 14.6. The zero-order valence-electron chi connectivity index (χ0n) is 9.80. The molecule has 0 heterocycles. The summed E-state index contributed by atoms with van der Waals surface area (Å²) in [5.41, 5.74) is 1.61. The highest BCUT2D eigenvalue weighted by Crippen LogP contribution is 2.28. The summed E-state index contributed by atoms with van der Waals surface area (Å²) in [6.45, 7) is 0.323. The van der Waals surface area contributed by atoms with Crippen molar-refractivity contribution >= 4 is 39.1 Å². The van der Waals surface area contributed by atoms with Crippen LogP contribution in [0.1, 0.15) is 11.1 Å². The van der Waals surface area contributed by atoms with Gasteiger partial charge in [-0.15, -0.1) is 11.6 Å². The molecule has 0 aliphatic carbocycles. The van der Waals surface area contributed by atoms with E-state index in [1.54, 1.807) is 24.3 Å². The molecule has 0 saturated carbocycles. The van der Waals surface area contributed by atoms with E-state index in [-0.39, 0.29) is 11.7 Å². The zero-order valence-corrected chi connectivity index (χ0v) is 12.9. The van der Waals surface area contributed by atoms with E-state index in [1.807, 2.05) is 6.07 Å². The molecule has 1 nitrogen and oxygen atoms in total. The fraction of sp³-hybridized carbons (Fsp3) is 0.143. The van der Waals surface area contributed by atoms with Gasteiger partial charge in [-0.3, -0.25) is 0 Å². The van der Waals surface area contributed by atoms with Crippen LogP contribution in [0.15, 0.2) is 40.9 Å². The van der Waals surface area contributed by atoms with Crippen molar-refractivity contribution in [3.63, 3.8) is 0 Å². The molecule has 0 unspecified atom stereocenters. The molecule has 5 heteroatoms.